The predicted molar refractivity (Wildman–Crippen MR) is 169 cm³/mol. The molecule has 3 heteroatoms. The van der Waals surface area contributed by atoms with Crippen molar-refractivity contribution in [2.75, 3.05) is 0 Å². The second-order valence-corrected chi connectivity index (χ2v) is 10.2. The van der Waals surface area contributed by atoms with Crippen molar-refractivity contribution < 1.29 is 4.42 Å². The van der Waals surface area contributed by atoms with Gasteiger partial charge in [0.15, 0.2) is 5.82 Å². The van der Waals surface area contributed by atoms with Gasteiger partial charge in [0.25, 0.3) is 0 Å². The van der Waals surface area contributed by atoms with E-state index in [0.717, 1.165) is 55.1 Å². The van der Waals surface area contributed by atoms with E-state index in [0.29, 0.717) is 11.5 Å². The van der Waals surface area contributed by atoms with Crippen molar-refractivity contribution in [3.05, 3.63) is 146 Å². The Labute approximate surface area is 237 Å². The monoisotopic (exact) mass is 524 g/mol. The summed E-state index contributed by atoms with van der Waals surface area (Å²) in [7, 11) is 0. The number of hydrogen-bond donors (Lipinski definition) is 0. The van der Waals surface area contributed by atoms with Crippen LogP contribution in [0.3, 0.4) is 0 Å². The minimum Gasteiger partial charge on any atom is -0.437 e. The van der Waals surface area contributed by atoms with Crippen LogP contribution in [0.5, 0.6) is 0 Å². The lowest BCUT2D eigenvalue weighted by Gasteiger charge is -2.10. The molecular formula is C38H24N2O. The lowest BCUT2D eigenvalue weighted by Crippen LogP contribution is -1.94. The summed E-state index contributed by atoms with van der Waals surface area (Å²) in [4.78, 5) is 10.1. The molecule has 0 N–H and O–H groups in total. The molecule has 2 aromatic heterocycles. The molecule has 0 saturated heterocycles. The zero-order valence-corrected chi connectivity index (χ0v) is 22.2. The number of rotatable bonds is 4. The molecule has 0 aliphatic rings. The molecule has 8 rings (SSSR count). The summed E-state index contributed by atoms with van der Waals surface area (Å²) in [5, 5.41) is 4.16. The van der Waals surface area contributed by atoms with Crippen LogP contribution in [0.4, 0.5) is 0 Å². The molecule has 0 unspecified atom stereocenters. The van der Waals surface area contributed by atoms with Crippen molar-refractivity contribution in [2.24, 2.45) is 0 Å². The molecule has 0 amide bonds. The van der Waals surface area contributed by atoms with Gasteiger partial charge < -0.3 is 4.42 Å². The van der Waals surface area contributed by atoms with Crippen LogP contribution < -0.4 is 0 Å². The van der Waals surface area contributed by atoms with Gasteiger partial charge in [-0.25, -0.2) is 4.98 Å². The van der Waals surface area contributed by atoms with Crippen LogP contribution in [-0.2, 0) is 0 Å². The summed E-state index contributed by atoms with van der Waals surface area (Å²) in [6.45, 7) is 0. The molecule has 6 aromatic carbocycles. The van der Waals surface area contributed by atoms with Gasteiger partial charge in [0.2, 0.25) is 5.71 Å². The average molecular weight is 525 g/mol. The van der Waals surface area contributed by atoms with E-state index in [4.69, 9.17) is 14.4 Å². The summed E-state index contributed by atoms with van der Waals surface area (Å²) >= 11 is 0. The Hall–Kier alpha value is -5.54. The molecule has 0 aliphatic heterocycles. The second kappa shape index (κ2) is 9.58. The highest BCUT2D eigenvalue weighted by molar-refractivity contribution is 6.18. The fraction of sp³-hybridized carbons (Fsp3) is 0. The van der Waals surface area contributed by atoms with Gasteiger partial charge in [0.1, 0.15) is 5.58 Å². The third-order valence-corrected chi connectivity index (χ3v) is 7.69. The normalized spacial score (nSPS) is 11.4. The van der Waals surface area contributed by atoms with Crippen molar-refractivity contribution in [2.45, 2.75) is 0 Å². The van der Waals surface area contributed by atoms with Gasteiger partial charge in [-0.15, -0.1) is 0 Å². The van der Waals surface area contributed by atoms with E-state index in [-0.39, 0.29) is 0 Å². The van der Waals surface area contributed by atoms with Gasteiger partial charge in [-0.2, -0.15) is 4.98 Å². The zero-order valence-electron chi connectivity index (χ0n) is 22.2. The van der Waals surface area contributed by atoms with Crippen LogP contribution in [0.2, 0.25) is 0 Å². The molecule has 3 nitrogen and oxygen atoms in total. The SMILES string of the molecule is c1ccc(-c2cccc(-c3cccc(-c4nc(-c5ccccc5)nc5oc6c7ccccc7ccc6c45)c3)c2)cc1. The van der Waals surface area contributed by atoms with Crippen LogP contribution in [0.15, 0.2) is 150 Å². The molecule has 0 fully saturated rings. The van der Waals surface area contributed by atoms with Crippen LogP contribution in [-0.4, -0.2) is 9.97 Å². The topological polar surface area (TPSA) is 38.9 Å². The number of furan rings is 1. The Morgan fingerprint density at radius 3 is 1.76 bits per heavy atom. The number of fused-ring (bicyclic) bond motifs is 5. The summed E-state index contributed by atoms with van der Waals surface area (Å²) in [5.74, 6) is 0.646. The average Bonchev–Trinajstić information content (AvgIpc) is 3.44. The summed E-state index contributed by atoms with van der Waals surface area (Å²) in [6.07, 6.45) is 0. The molecule has 41 heavy (non-hydrogen) atoms. The predicted octanol–water partition coefficient (Wildman–Crippen LogP) is 10.2. The molecule has 192 valence electrons. The maximum atomic E-state index is 6.52. The van der Waals surface area contributed by atoms with Crippen molar-refractivity contribution >= 4 is 32.8 Å². The number of nitrogens with zero attached hydrogens (tertiary/aromatic N) is 2. The third-order valence-electron chi connectivity index (χ3n) is 7.69. The molecule has 8 aromatic rings. The summed E-state index contributed by atoms with van der Waals surface area (Å²) in [5.41, 5.74) is 8.95. The minimum absolute atomic E-state index is 0.594. The van der Waals surface area contributed by atoms with Crippen LogP contribution in [0.1, 0.15) is 0 Å². The van der Waals surface area contributed by atoms with Crippen molar-refractivity contribution in [1.82, 2.24) is 9.97 Å². The smallest absolute Gasteiger partial charge is 0.231 e. The van der Waals surface area contributed by atoms with Crippen molar-refractivity contribution in [1.29, 1.82) is 0 Å². The van der Waals surface area contributed by atoms with E-state index in [1.807, 2.05) is 48.5 Å². The van der Waals surface area contributed by atoms with Gasteiger partial charge >= 0.3 is 0 Å². The Morgan fingerprint density at radius 1 is 0.415 bits per heavy atom. The van der Waals surface area contributed by atoms with Gasteiger partial charge in [-0.1, -0.05) is 127 Å². The van der Waals surface area contributed by atoms with E-state index in [1.54, 1.807) is 0 Å². The van der Waals surface area contributed by atoms with E-state index in [9.17, 15) is 0 Å². The standard InChI is InChI=1S/C38H24N2O/c1-3-11-25(12-4-1)28-16-9-17-29(23-28)30-18-10-19-31(24-30)35-34-33-22-21-26-13-7-8-20-32(26)36(33)41-38(34)40-37(39-35)27-14-5-2-6-15-27/h1-24H. The first kappa shape index (κ1) is 23.4. The molecule has 0 bridgehead atoms. The maximum Gasteiger partial charge on any atom is 0.231 e. The van der Waals surface area contributed by atoms with Crippen molar-refractivity contribution in [3.8, 4) is 44.9 Å². The van der Waals surface area contributed by atoms with E-state index in [2.05, 4.69) is 97.1 Å². The minimum atomic E-state index is 0.594. The van der Waals surface area contributed by atoms with Gasteiger partial charge in [0.05, 0.1) is 11.1 Å². The second-order valence-electron chi connectivity index (χ2n) is 10.2. The molecular weight excluding hydrogens is 500 g/mol. The van der Waals surface area contributed by atoms with E-state index in [1.165, 1.54) is 11.1 Å². The van der Waals surface area contributed by atoms with E-state index >= 15 is 0 Å². The van der Waals surface area contributed by atoms with Crippen LogP contribution >= 0.6 is 0 Å². The zero-order chi connectivity index (χ0) is 27.2. The number of hydrogen-bond acceptors (Lipinski definition) is 3. The Balaban J connectivity index is 1.36. The molecule has 0 spiro atoms. The van der Waals surface area contributed by atoms with Gasteiger partial charge in [-0.3, -0.25) is 0 Å². The Bertz CT molecular complexity index is 2200. The fourth-order valence-corrected chi connectivity index (χ4v) is 5.68. The van der Waals surface area contributed by atoms with Gasteiger partial charge in [0, 0.05) is 21.9 Å². The number of benzene rings is 6. The molecule has 2 heterocycles. The quantitative estimate of drug-likeness (QED) is 0.230. The highest BCUT2D eigenvalue weighted by Crippen LogP contribution is 2.40. The third kappa shape index (κ3) is 4.07. The molecule has 0 radical (unpaired) electrons. The first-order chi connectivity index (χ1) is 20.3. The van der Waals surface area contributed by atoms with Crippen LogP contribution in [0, 0.1) is 0 Å². The molecule has 0 saturated carbocycles. The number of aromatic nitrogens is 2. The highest BCUT2D eigenvalue weighted by Gasteiger charge is 2.20. The lowest BCUT2D eigenvalue weighted by atomic mass is 9.96. The highest BCUT2D eigenvalue weighted by atomic mass is 16.3. The van der Waals surface area contributed by atoms with Crippen molar-refractivity contribution in [3.63, 3.8) is 0 Å². The first-order valence-electron chi connectivity index (χ1n) is 13.8. The fourth-order valence-electron chi connectivity index (χ4n) is 5.68. The Kier molecular flexibility index (Phi) is 5.46. The van der Waals surface area contributed by atoms with Gasteiger partial charge in [-0.05, 0) is 45.8 Å². The summed E-state index contributed by atoms with van der Waals surface area (Å²) < 4.78 is 6.52. The Morgan fingerprint density at radius 2 is 1.00 bits per heavy atom. The van der Waals surface area contributed by atoms with E-state index < -0.39 is 0 Å². The lowest BCUT2D eigenvalue weighted by molar-refractivity contribution is 0.657. The maximum absolute atomic E-state index is 6.52. The first-order valence-corrected chi connectivity index (χ1v) is 13.8. The summed E-state index contributed by atoms with van der Waals surface area (Å²) in [6, 6.07) is 50.5. The molecule has 0 atom stereocenters. The largest absolute Gasteiger partial charge is 0.437 e. The molecule has 0 aliphatic carbocycles. The van der Waals surface area contributed by atoms with Crippen LogP contribution in [0.25, 0.3) is 77.7 Å².